The quantitative estimate of drug-likeness (QED) is 0.495. The molecule has 0 amide bonds. The summed E-state index contributed by atoms with van der Waals surface area (Å²) in [7, 11) is 1.59. The number of rotatable bonds is 2. The van der Waals surface area contributed by atoms with E-state index in [1.807, 2.05) is 0 Å². The van der Waals surface area contributed by atoms with Crippen LogP contribution in [0.4, 0.5) is 0 Å². The highest BCUT2D eigenvalue weighted by molar-refractivity contribution is 5.74. The van der Waals surface area contributed by atoms with Crippen molar-refractivity contribution in [2.45, 2.75) is 0 Å². The van der Waals surface area contributed by atoms with Crippen LogP contribution in [0, 0.1) is 0 Å². The molecule has 0 aromatic heterocycles. The molecular weight excluding hydrogens is 152 g/mol. The molecule has 0 aliphatic heterocycles. The molecule has 1 aromatic rings. The Morgan fingerprint density at radius 3 is 2.08 bits per heavy atom. The molecule has 0 aliphatic carbocycles. The lowest BCUT2D eigenvalue weighted by atomic mass is 10.2. The third kappa shape index (κ3) is 3.01. The predicted molar refractivity (Wildman–Crippen MR) is 49.6 cm³/mol. The van der Waals surface area contributed by atoms with Crippen LogP contribution >= 0.6 is 0 Å². The van der Waals surface area contributed by atoms with Gasteiger partial charge < -0.3 is 4.74 Å². The van der Waals surface area contributed by atoms with E-state index >= 15 is 0 Å². The summed E-state index contributed by atoms with van der Waals surface area (Å²) in [6, 6.07) is 6.94. The van der Waals surface area contributed by atoms with Crippen LogP contribution in [0.3, 0.4) is 0 Å². The van der Waals surface area contributed by atoms with Gasteiger partial charge in [-0.2, -0.15) is 0 Å². The maximum absolute atomic E-state index is 10.2. The number of benzene rings is 1. The lowest BCUT2D eigenvalue weighted by Gasteiger charge is -1.96. The molecule has 2 heteroatoms. The van der Waals surface area contributed by atoms with Crippen LogP contribution in [-0.2, 0) is 0 Å². The molecular formula is C10H12O2. The standard InChI is InChI=1S/C8H8O2.C2H4/c1-10-8-4-2-7(6-9)3-5-8;1-2/h2-6H,1H3;1-2H2. The lowest BCUT2D eigenvalue weighted by Crippen LogP contribution is -1.82. The van der Waals surface area contributed by atoms with Crippen LogP contribution in [0.2, 0.25) is 0 Å². The van der Waals surface area contributed by atoms with Gasteiger partial charge in [0.05, 0.1) is 7.11 Å². The summed E-state index contributed by atoms with van der Waals surface area (Å²) in [4.78, 5) is 10.2. The minimum atomic E-state index is 0.667. The fourth-order valence-electron chi connectivity index (χ4n) is 0.682. The van der Waals surface area contributed by atoms with E-state index in [-0.39, 0.29) is 0 Å². The third-order valence-corrected chi connectivity index (χ3v) is 1.25. The van der Waals surface area contributed by atoms with Crippen molar-refractivity contribution in [3.05, 3.63) is 43.0 Å². The molecule has 12 heavy (non-hydrogen) atoms. The van der Waals surface area contributed by atoms with Crippen molar-refractivity contribution in [2.75, 3.05) is 7.11 Å². The Morgan fingerprint density at radius 1 is 1.25 bits per heavy atom. The topological polar surface area (TPSA) is 26.3 Å². The number of ether oxygens (including phenoxy) is 1. The Morgan fingerprint density at radius 2 is 1.75 bits per heavy atom. The molecule has 1 aromatic carbocycles. The first-order valence-corrected chi connectivity index (χ1v) is 3.46. The highest BCUT2D eigenvalue weighted by atomic mass is 16.5. The first-order valence-electron chi connectivity index (χ1n) is 3.46. The van der Waals surface area contributed by atoms with E-state index in [0.29, 0.717) is 5.56 Å². The van der Waals surface area contributed by atoms with Crippen molar-refractivity contribution in [1.82, 2.24) is 0 Å². The fraction of sp³-hybridized carbons (Fsp3) is 0.100. The summed E-state index contributed by atoms with van der Waals surface area (Å²) in [5, 5.41) is 0. The highest BCUT2D eigenvalue weighted by Gasteiger charge is 1.89. The molecule has 0 saturated carbocycles. The summed E-state index contributed by atoms with van der Waals surface area (Å²) in [5.74, 6) is 0.769. The summed E-state index contributed by atoms with van der Waals surface area (Å²) >= 11 is 0. The van der Waals surface area contributed by atoms with Crippen LogP contribution in [0.15, 0.2) is 37.4 Å². The number of hydrogen-bond donors (Lipinski definition) is 0. The normalized spacial score (nSPS) is 7.75. The van der Waals surface area contributed by atoms with E-state index in [9.17, 15) is 4.79 Å². The first kappa shape index (κ1) is 10.4. The zero-order chi connectivity index (χ0) is 9.40. The van der Waals surface area contributed by atoms with Crippen LogP contribution in [-0.4, -0.2) is 13.4 Å². The second-order valence-electron chi connectivity index (χ2n) is 1.89. The number of methoxy groups -OCH3 is 1. The average Bonchev–Trinajstić information content (AvgIpc) is 2.21. The van der Waals surface area contributed by atoms with Crippen molar-refractivity contribution >= 4 is 6.29 Å². The van der Waals surface area contributed by atoms with Crippen LogP contribution in [0.1, 0.15) is 10.4 Å². The van der Waals surface area contributed by atoms with Crippen LogP contribution < -0.4 is 4.74 Å². The van der Waals surface area contributed by atoms with E-state index in [1.165, 1.54) is 0 Å². The summed E-state index contributed by atoms with van der Waals surface area (Å²) in [5.41, 5.74) is 0.667. The van der Waals surface area contributed by atoms with Crippen molar-refractivity contribution in [3.8, 4) is 5.75 Å². The SMILES string of the molecule is C=C.COc1ccc(C=O)cc1. The average molecular weight is 164 g/mol. The van der Waals surface area contributed by atoms with Gasteiger partial charge >= 0.3 is 0 Å². The Balaban J connectivity index is 0.000000561. The van der Waals surface area contributed by atoms with E-state index in [4.69, 9.17) is 4.74 Å². The highest BCUT2D eigenvalue weighted by Crippen LogP contribution is 2.09. The Kier molecular flexibility index (Phi) is 5.35. The van der Waals surface area contributed by atoms with Gasteiger partial charge in [-0.05, 0) is 24.3 Å². The minimum Gasteiger partial charge on any atom is -0.497 e. The molecule has 0 atom stereocenters. The molecule has 0 radical (unpaired) electrons. The van der Waals surface area contributed by atoms with Gasteiger partial charge in [0, 0.05) is 5.56 Å². The molecule has 2 nitrogen and oxygen atoms in total. The summed E-state index contributed by atoms with van der Waals surface area (Å²) < 4.78 is 4.90. The number of carbonyl (C=O) groups excluding carboxylic acids is 1. The molecule has 0 saturated heterocycles. The van der Waals surface area contributed by atoms with Gasteiger partial charge in [0.25, 0.3) is 0 Å². The monoisotopic (exact) mass is 164 g/mol. The molecule has 0 unspecified atom stereocenters. The van der Waals surface area contributed by atoms with Gasteiger partial charge in [-0.15, -0.1) is 13.2 Å². The van der Waals surface area contributed by atoms with E-state index in [2.05, 4.69) is 13.2 Å². The maximum Gasteiger partial charge on any atom is 0.150 e. The summed E-state index contributed by atoms with van der Waals surface area (Å²) in [6.45, 7) is 6.00. The van der Waals surface area contributed by atoms with Crippen molar-refractivity contribution in [1.29, 1.82) is 0 Å². The Bertz CT molecular complexity index is 226. The Labute approximate surface area is 72.5 Å². The van der Waals surface area contributed by atoms with Gasteiger partial charge in [-0.25, -0.2) is 0 Å². The van der Waals surface area contributed by atoms with Crippen LogP contribution in [0.25, 0.3) is 0 Å². The molecule has 0 spiro atoms. The zero-order valence-corrected chi connectivity index (χ0v) is 7.12. The lowest BCUT2D eigenvalue weighted by molar-refractivity contribution is 0.112. The number of aldehydes is 1. The van der Waals surface area contributed by atoms with E-state index < -0.39 is 0 Å². The molecule has 0 N–H and O–H groups in total. The third-order valence-electron chi connectivity index (χ3n) is 1.25. The molecule has 1 rings (SSSR count). The van der Waals surface area contributed by atoms with Crippen molar-refractivity contribution in [2.24, 2.45) is 0 Å². The van der Waals surface area contributed by atoms with Gasteiger partial charge in [-0.1, -0.05) is 0 Å². The number of carbonyl (C=O) groups is 1. The van der Waals surface area contributed by atoms with Gasteiger partial charge in [0.2, 0.25) is 0 Å². The molecule has 0 aliphatic rings. The summed E-state index contributed by atoms with van der Waals surface area (Å²) in [6.07, 6.45) is 0.805. The molecule has 0 heterocycles. The first-order chi connectivity index (χ1) is 5.86. The van der Waals surface area contributed by atoms with Crippen molar-refractivity contribution < 1.29 is 9.53 Å². The maximum atomic E-state index is 10.2. The van der Waals surface area contributed by atoms with E-state index in [1.54, 1.807) is 31.4 Å². The fourth-order valence-corrected chi connectivity index (χ4v) is 0.682. The predicted octanol–water partition coefficient (Wildman–Crippen LogP) is 2.31. The molecule has 64 valence electrons. The molecule has 0 bridgehead atoms. The number of hydrogen-bond acceptors (Lipinski definition) is 2. The zero-order valence-electron chi connectivity index (χ0n) is 7.12. The smallest absolute Gasteiger partial charge is 0.150 e. The minimum absolute atomic E-state index is 0.667. The second-order valence-corrected chi connectivity index (χ2v) is 1.89. The largest absolute Gasteiger partial charge is 0.497 e. The Hall–Kier alpha value is -1.57. The second kappa shape index (κ2) is 6.16. The van der Waals surface area contributed by atoms with Gasteiger partial charge in [-0.3, -0.25) is 4.79 Å². The van der Waals surface area contributed by atoms with Crippen LogP contribution in [0.5, 0.6) is 5.75 Å². The van der Waals surface area contributed by atoms with Gasteiger partial charge in [0.1, 0.15) is 12.0 Å². The van der Waals surface area contributed by atoms with Gasteiger partial charge in [0.15, 0.2) is 0 Å². The molecule has 0 fully saturated rings. The van der Waals surface area contributed by atoms with Crippen molar-refractivity contribution in [3.63, 3.8) is 0 Å². The van der Waals surface area contributed by atoms with E-state index in [0.717, 1.165) is 12.0 Å².